The maximum atomic E-state index is 3.57. The predicted octanol–water partition coefficient (Wildman–Crippen LogP) is 2.89. The fourth-order valence-corrected chi connectivity index (χ4v) is 3.18. The Balaban J connectivity index is 2.62. The van der Waals surface area contributed by atoms with Gasteiger partial charge in [-0.25, -0.2) is 0 Å². The van der Waals surface area contributed by atoms with Gasteiger partial charge in [0.1, 0.15) is 0 Å². The van der Waals surface area contributed by atoms with Crippen molar-refractivity contribution in [3.8, 4) is 0 Å². The van der Waals surface area contributed by atoms with Gasteiger partial charge in [-0.3, -0.25) is 0 Å². The van der Waals surface area contributed by atoms with E-state index in [-0.39, 0.29) is 0 Å². The van der Waals surface area contributed by atoms with E-state index in [1.54, 1.807) is 0 Å². The van der Waals surface area contributed by atoms with Gasteiger partial charge in [0.15, 0.2) is 0 Å². The molecule has 1 fully saturated rings. The molecule has 1 saturated carbocycles. The van der Waals surface area contributed by atoms with E-state index in [0.29, 0.717) is 11.6 Å². The highest BCUT2D eigenvalue weighted by atomic mass is 15.2. The highest BCUT2D eigenvalue weighted by molar-refractivity contribution is 4.97. The zero-order valence-corrected chi connectivity index (χ0v) is 11.8. The fourth-order valence-electron chi connectivity index (χ4n) is 3.18. The van der Waals surface area contributed by atoms with Gasteiger partial charge in [0.2, 0.25) is 0 Å². The lowest BCUT2D eigenvalue weighted by molar-refractivity contribution is 0.0860. The minimum Gasteiger partial charge on any atom is -0.315 e. The quantitative estimate of drug-likeness (QED) is 0.684. The third kappa shape index (κ3) is 2.98. The second-order valence-corrected chi connectivity index (χ2v) is 5.57. The van der Waals surface area contributed by atoms with E-state index in [0.717, 1.165) is 5.92 Å². The summed E-state index contributed by atoms with van der Waals surface area (Å²) >= 11 is 0. The molecule has 1 aliphatic carbocycles. The van der Waals surface area contributed by atoms with E-state index in [9.17, 15) is 0 Å². The predicted molar refractivity (Wildman–Crippen MR) is 71.8 cm³/mol. The molecule has 2 heteroatoms. The van der Waals surface area contributed by atoms with Crippen molar-refractivity contribution in [2.75, 3.05) is 21.1 Å². The van der Waals surface area contributed by atoms with Crippen LogP contribution in [0.15, 0.2) is 0 Å². The molecule has 0 heterocycles. The molecule has 0 aromatic rings. The molecular weight excluding hydrogens is 196 g/mol. The molecule has 0 amide bonds. The summed E-state index contributed by atoms with van der Waals surface area (Å²) in [7, 11) is 6.59. The van der Waals surface area contributed by atoms with Crippen molar-refractivity contribution >= 4 is 0 Å². The van der Waals surface area contributed by atoms with Gasteiger partial charge in [0.05, 0.1) is 0 Å². The van der Waals surface area contributed by atoms with Crippen LogP contribution in [-0.2, 0) is 0 Å². The lowest BCUT2D eigenvalue weighted by atomic mass is 9.80. The minimum atomic E-state index is 0.337. The first-order chi connectivity index (χ1) is 7.60. The van der Waals surface area contributed by atoms with Crippen LogP contribution in [0.2, 0.25) is 0 Å². The van der Waals surface area contributed by atoms with Gasteiger partial charge >= 0.3 is 0 Å². The minimum absolute atomic E-state index is 0.337. The van der Waals surface area contributed by atoms with Gasteiger partial charge in [0.25, 0.3) is 0 Å². The molecule has 96 valence electrons. The van der Waals surface area contributed by atoms with Crippen LogP contribution < -0.4 is 5.32 Å². The third-order valence-electron chi connectivity index (χ3n) is 4.67. The summed E-state index contributed by atoms with van der Waals surface area (Å²) in [6.07, 6.45) is 8.16. The summed E-state index contributed by atoms with van der Waals surface area (Å²) in [6.45, 7) is 4.65. The summed E-state index contributed by atoms with van der Waals surface area (Å²) < 4.78 is 0. The van der Waals surface area contributed by atoms with Crippen LogP contribution in [-0.4, -0.2) is 37.6 Å². The Morgan fingerprint density at radius 2 is 1.81 bits per heavy atom. The Morgan fingerprint density at radius 1 is 1.25 bits per heavy atom. The van der Waals surface area contributed by atoms with E-state index in [1.165, 1.54) is 38.5 Å². The van der Waals surface area contributed by atoms with E-state index in [4.69, 9.17) is 0 Å². The molecule has 2 nitrogen and oxygen atoms in total. The standard InChI is InChI=1S/C14H30N2/c1-6-14(7-2,16(4)5)13(15-3)11-10-12-8-9-12/h12-13,15H,6-11H2,1-5H3. The number of hydrogen-bond donors (Lipinski definition) is 1. The zero-order chi connectivity index (χ0) is 12.2. The number of hydrogen-bond acceptors (Lipinski definition) is 2. The topological polar surface area (TPSA) is 15.3 Å². The summed E-state index contributed by atoms with van der Waals surface area (Å²) in [6, 6.07) is 0.637. The van der Waals surface area contributed by atoms with E-state index >= 15 is 0 Å². The molecule has 1 rings (SSSR count). The highest BCUT2D eigenvalue weighted by Crippen LogP contribution is 2.36. The lowest BCUT2D eigenvalue weighted by Gasteiger charge is -2.45. The molecule has 1 aliphatic rings. The van der Waals surface area contributed by atoms with Crippen molar-refractivity contribution in [3.63, 3.8) is 0 Å². The molecule has 0 aromatic heterocycles. The van der Waals surface area contributed by atoms with Crippen LogP contribution in [0.3, 0.4) is 0 Å². The molecule has 1 N–H and O–H groups in total. The average Bonchev–Trinajstić information content (AvgIpc) is 3.08. The second-order valence-electron chi connectivity index (χ2n) is 5.57. The summed E-state index contributed by atoms with van der Waals surface area (Å²) in [5.74, 6) is 1.05. The number of likely N-dealkylation sites (N-methyl/N-ethyl adjacent to an activating group) is 2. The normalized spacial score (nSPS) is 19.1. The first kappa shape index (κ1) is 14.0. The molecule has 0 spiro atoms. The molecule has 0 aliphatic heterocycles. The summed E-state index contributed by atoms with van der Waals surface area (Å²) in [5.41, 5.74) is 0.337. The summed E-state index contributed by atoms with van der Waals surface area (Å²) in [5, 5.41) is 3.57. The molecular formula is C14H30N2. The van der Waals surface area contributed by atoms with E-state index in [2.05, 4.69) is 45.2 Å². The first-order valence-corrected chi connectivity index (χ1v) is 6.95. The molecule has 16 heavy (non-hydrogen) atoms. The second kappa shape index (κ2) is 6.02. The molecule has 0 aromatic carbocycles. The molecule has 1 unspecified atom stereocenters. The Kier molecular flexibility index (Phi) is 5.26. The first-order valence-electron chi connectivity index (χ1n) is 6.95. The molecule has 0 radical (unpaired) electrons. The number of nitrogens with zero attached hydrogens (tertiary/aromatic N) is 1. The van der Waals surface area contributed by atoms with Crippen LogP contribution in [0.1, 0.15) is 52.4 Å². The van der Waals surface area contributed by atoms with E-state index in [1.807, 2.05) is 0 Å². The van der Waals surface area contributed by atoms with Crippen molar-refractivity contribution in [3.05, 3.63) is 0 Å². The zero-order valence-electron chi connectivity index (χ0n) is 11.8. The van der Waals surface area contributed by atoms with E-state index < -0.39 is 0 Å². The van der Waals surface area contributed by atoms with Crippen LogP contribution in [0, 0.1) is 5.92 Å². The fraction of sp³-hybridized carbons (Fsp3) is 1.00. The van der Waals surface area contributed by atoms with Crippen molar-refractivity contribution in [2.24, 2.45) is 5.92 Å². The summed E-state index contributed by atoms with van der Waals surface area (Å²) in [4.78, 5) is 2.43. The molecule has 1 atom stereocenters. The van der Waals surface area contributed by atoms with Gasteiger partial charge < -0.3 is 10.2 Å². The monoisotopic (exact) mass is 226 g/mol. The highest BCUT2D eigenvalue weighted by Gasteiger charge is 2.37. The van der Waals surface area contributed by atoms with Crippen molar-refractivity contribution in [2.45, 2.75) is 64.0 Å². The average molecular weight is 226 g/mol. The van der Waals surface area contributed by atoms with Gasteiger partial charge in [-0.05, 0) is 52.7 Å². The maximum Gasteiger partial charge on any atom is 0.0351 e. The van der Waals surface area contributed by atoms with Gasteiger partial charge in [-0.15, -0.1) is 0 Å². The van der Waals surface area contributed by atoms with Crippen LogP contribution >= 0.6 is 0 Å². The van der Waals surface area contributed by atoms with Crippen molar-refractivity contribution < 1.29 is 0 Å². The Bertz CT molecular complexity index is 193. The number of rotatable bonds is 8. The Hall–Kier alpha value is -0.0800. The Labute approximate surface area is 102 Å². The van der Waals surface area contributed by atoms with Crippen LogP contribution in [0.5, 0.6) is 0 Å². The van der Waals surface area contributed by atoms with Gasteiger partial charge in [-0.2, -0.15) is 0 Å². The largest absolute Gasteiger partial charge is 0.315 e. The Morgan fingerprint density at radius 3 is 2.12 bits per heavy atom. The van der Waals surface area contributed by atoms with Crippen molar-refractivity contribution in [1.82, 2.24) is 10.2 Å². The number of nitrogens with one attached hydrogen (secondary N) is 1. The van der Waals surface area contributed by atoms with Crippen LogP contribution in [0.25, 0.3) is 0 Å². The maximum absolute atomic E-state index is 3.57. The van der Waals surface area contributed by atoms with Gasteiger partial charge in [0, 0.05) is 11.6 Å². The van der Waals surface area contributed by atoms with Crippen molar-refractivity contribution in [1.29, 1.82) is 0 Å². The van der Waals surface area contributed by atoms with Crippen LogP contribution in [0.4, 0.5) is 0 Å². The third-order valence-corrected chi connectivity index (χ3v) is 4.67. The van der Waals surface area contributed by atoms with Gasteiger partial charge in [-0.1, -0.05) is 26.7 Å². The smallest absolute Gasteiger partial charge is 0.0351 e. The SMILES string of the molecule is CCC(CC)(C(CCC1CC1)NC)N(C)C. The molecule has 0 saturated heterocycles. The molecule has 0 bridgehead atoms. The lowest BCUT2D eigenvalue weighted by Crippen LogP contribution is -2.57.